The van der Waals surface area contributed by atoms with E-state index in [1.54, 1.807) is 13.0 Å². The Morgan fingerprint density at radius 3 is 2.62 bits per heavy atom. The van der Waals surface area contributed by atoms with E-state index in [9.17, 15) is 14.3 Å². The number of carboxylic acid groups (broad SMARTS) is 1. The topological polar surface area (TPSA) is 70.0 Å². The number of aliphatic hydroxyl groups is 1. The van der Waals surface area contributed by atoms with Gasteiger partial charge in [-0.25, -0.2) is 4.39 Å². The maximum Gasteiger partial charge on any atom is 0.303 e. The molecule has 0 amide bonds. The number of rotatable bonds is 11. The second-order valence-electron chi connectivity index (χ2n) is 8.84. The molecule has 0 saturated carbocycles. The fourth-order valence-electron chi connectivity index (χ4n) is 4.28. The van der Waals surface area contributed by atoms with Crippen LogP contribution in [-0.4, -0.2) is 52.9 Å². The molecule has 174 valence electrons. The van der Waals surface area contributed by atoms with Crippen molar-refractivity contribution in [3.8, 4) is 0 Å². The predicted molar refractivity (Wildman–Crippen MR) is 122 cm³/mol. The highest BCUT2D eigenvalue weighted by Crippen LogP contribution is 2.23. The third kappa shape index (κ3) is 7.12. The number of benzene rings is 2. The van der Waals surface area contributed by atoms with Crippen molar-refractivity contribution in [1.29, 1.82) is 0 Å². The van der Waals surface area contributed by atoms with Crippen LogP contribution in [0.5, 0.6) is 0 Å². The maximum atomic E-state index is 13.9. The molecule has 6 heteroatoms. The number of carboxylic acids is 1. The largest absolute Gasteiger partial charge is 0.481 e. The summed E-state index contributed by atoms with van der Waals surface area (Å²) in [6.45, 7) is 5.43. The smallest absolute Gasteiger partial charge is 0.303 e. The molecular weight excluding hydrogens is 409 g/mol. The van der Waals surface area contributed by atoms with Gasteiger partial charge >= 0.3 is 5.97 Å². The van der Waals surface area contributed by atoms with Crippen LogP contribution in [0.25, 0.3) is 0 Å². The molecule has 2 N–H and O–H groups in total. The van der Waals surface area contributed by atoms with Gasteiger partial charge in [-0.3, -0.25) is 9.69 Å². The number of likely N-dealkylation sites (tertiary alicyclic amines) is 1. The number of ether oxygens (including phenoxy) is 1. The minimum Gasteiger partial charge on any atom is -0.481 e. The number of hydrogen-bond acceptors (Lipinski definition) is 4. The number of nitrogens with zero attached hydrogens (tertiary/aromatic N) is 1. The van der Waals surface area contributed by atoms with E-state index in [-0.39, 0.29) is 24.9 Å². The molecular formula is C26H34FNO4. The summed E-state index contributed by atoms with van der Waals surface area (Å²) in [5.74, 6) is -0.963. The molecule has 1 aliphatic heterocycles. The van der Waals surface area contributed by atoms with Crippen LogP contribution in [0.2, 0.25) is 0 Å². The Bertz CT molecular complexity index is 886. The van der Waals surface area contributed by atoms with Gasteiger partial charge in [0.15, 0.2) is 0 Å². The number of aliphatic hydroxyl groups excluding tert-OH is 1. The molecule has 3 atom stereocenters. The van der Waals surface area contributed by atoms with Crippen molar-refractivity contribution in [2.24, 2.45) is 0 Å². The van der Waals surface area contributed by atoms with Gasteiger partial charge in [0.05, 0.1) is 18.8 Å². The average molecular weight is 444 g/mol. The van der Waals surface area contributed by atoms with Gasteiger partial charge in [0.25, 0.3) is 0 Å². The average Bonchev–Trinajstić information content (AvgIpc) is 3.19. The van der Waals surface area contributed by atoms with Crippen LogP contribution >= 0.6 is 0 Å². The number of halogens is 1. The van der Waals surface area contributed by atoms with E-state index in [1.165, 1.54) is 0 Å². The highest BCUT2D eigenvalue weighted by atomic mass is 19.1. The van der Waals surface area contributed by atoms with Crippen molar-refractivity contribution in [1.82, 2.24) is 4.90 Å². The number of carbonyl (C=O) groups is 1. The van der Waals surface area contributed by atoms with E-state index >= 15 is 0 Å². The molecule has 1 aliphatic rings. The Morgan fingerprint density at radius 2 is 1.94 bits per heavy atom. The third-order valence-electron chi connectivity index (χ3n) is 6.27. The molecule has 0 bridgehead atoms. The molecule has 1 unspecified atom stereocenters. The minimum atomic E-state index is -0.800. The molecule has 3 rings (SSSR count). The molecule has 2 aromatic carbocycles. The Morgan fingerprint density at radius 1 is 1.22 bits per heavy atom. The standard InChI is InChI=1S/C26H34FNO4/c1-18-5-6-21(15-25(18)27)14-23-4-3-13-28(23)16-24(29)17-32-19(2)22-10-7-20(8-11-22)9-12-26(30)31/h5-8,10-11,15,19,23-24,29H,3-4,9,12-14,16-17H2,1-2H3,(H,30,31)/t19-,23+,24?/m1/s1. The number of β-amino-alcohol motifs (C(OH)–C–C–N with tert-alkyl or cyclic N) is 1. The first-order valence-corrected chi connectivity index (χ1v) is 11.4. The molecule has 1 fully saturated rings. The first kappa shape index (κ1) is 24.4. The Kier molecular flexibility index (Phi) is 8.79. The highest BCUT2D eigenvalue weighted by molar-refractivity contribution is 5.67. The number of aliphatic carboxylic acids is 1. The van der Waals surface area contributed by atoms with Crippen molar-refractivity contribution < 1.29 is 24.1 Å². The minimum absolute atomic E-state index is 0.119. The van der Waals surface area contributed by atoms with E-state index in [0.29, 0.717) is 24.6 Å². The third-order valence-corrected chi connectivity index (χ3v) is 6.27. The van der Waals surface area contributed by atoms with Crippen molar-refractivity contribution in [2.75, 3.05) is 19.7 Å². The first-order chi connectivity index (χ1) is 15.3. The predicted octanol–water partition coefficient (Wildman–Crippen LogP) is 4.30. The second-order valence-corrected chi connectivity index (χ2v) is 8.84. The highest BCUT2D eigenvalue weighted by Gasteiger charge is 2.27. The second kappa shape index (κ2) is 11.5. The Balaban J connectivity index is 1.45. The Labute approximate surface area is 189 Å². The summed E-state index contributed by atoms with van der Waals surface area (Å²) >= 11 is 0. The summed E-state index contributed by atoms with van der Waals surface area (Å²) in [7, 11) is 0. The van der Waals surface area contributed by atoms with Gasteiger partial charge in [0.1, 0.15) is 5.82 Å². The molecule has 1 saturated heterocycles. The van der Waals surface area contributed by atoms with Crippen LogP contribution in [0.4, 0.5) is 4.39 Å². The summed E-state index contributed by atoms with van der Waals surface area (Å²) < 4.78 is 19.8. The molecule has 0 aromatic heterocycles. The zero-order valence-corrected chi connectivity index (χ0v) is 19.0. The lowest BCUT2D eigenvalue weighted by atomic mass is 10.0. The number of hydrogen-bond donors (Lipinski definition) is 2. The summed E-state index contributed by atoms with van der Waals surface area (Å²) in [5, 5.41) is 19.3. The van der Waals surface area contributed by atoms with E-state index in [4.69, 9.17) is 9.84 Å². The van der Waals surface area contributed by atoms with Crippen LogP contribution in [0.3, 0.4) is 0 Å². The van der Waals surface area contributed by atoms with E-state index in [0.717, 1.165) is 42.5 Å². The lowest BCUT2D eigenvalue weighted by Gasteiger charge is -2.27. The fourth-order valence-corrected chi connectivity index (χ4v) is 4.28. The summed E-state index contributed by atoms with van der Waals surface area (Å²) in [4.78, 5) is 13.0. The van der Waals surface area contributed by atoms with E-state index in [2.05, 4.69) is 4.90 Å². The quantitative estimate of drug-likeness (QED) is 0.542. The van der Waals surface area contributed by atoms with Crippen LogP contribution in [-0.2, 0) is 22.4 Å². The normalized spacial score (nSPS) is 18.6. The lowest BCUT2D eigenvalue weighted by Crippen LogP contribution is -2.39. The summed E-state index contributed by atoms with van der Waals surface area (Å²) in [5.41, 5.74) is 3.64. The molecule has 0 spiro atoms. The zero-order chi connectivity index (χ0) is 23.1. The van der Waals surface area contributed by atoms with Gasteiger partial charge in [-0.2, -0.15) is 0 Å². The van der Waals surface area contributed by atoms with Gasteiger partial charge in [0, 0.05) is 19.0 Å². The molecule has 32 heavy (non-hydrogen) atoms. The van der Waals surface area contributed by atoms with Crippen molar-refractivity contribution in [3.05, 3.63) is 70.5 Å². The van der Waals surface area contributed by atoms with Gasteiger partial charge in [0.2, 0.25) is 0 Å². The summed E-state index contributed by atoms with van der Waals surface area (Å²) in [6, 6.07) is 13.5. The SMILES string of the molecule is Cc1ccc(C[C@@H]2CCCN2CC(O)CO[C@H](C)c2ccc(CCC(=O)O)cc2)cc1F. The van der Waals surface area contributed by atoms with Crippen LogP contribution in [0.15, 0.2) is 42.5 Å². The van der Waals surface area contributed by atoms with Gasteiger partial charge < -0.3 is 14.9 Å². The molecule has 0 radical (unpaired) electrons. The van der Waals surface area contributed by atoms with Crippen LogP contribution in [0, 0.1) is 12.7 Å². The Hall–Kier alpha value is -2.28. The van der Waals surface area contributed by atoms with Crippen molar-refractivity contribution in [2.45, 2.75) is 64.2 Å². The van der Waals surface area contributed by atoms with Crippen molar-refractivity contribution in [3.63, 3.8) is 0 Å². The van der Waals surface area contributed by atoms with Crippen LogP contribution < -0.4 is 0 Å². The summed E-state index contributed by atoms with van der Waals surface area (Å²) in [6.07, 6.45) is 2.79. The fraction of sp³-hybridized carbons (Fsp3) is 0.500. The van der Waals surface area contributed by atoms with Gasteiger partial charge in [-0.05, 0) is 74.4 Å². The molecule has 0 aliphatic carbocycles. The lowest BCUT2D eigenvalue weighted by molar-refractivity contribution is -0.136. The van der Waals surface area contributed by atoms with E-state index < -0.39 is 12.1 Å². The monoisotopic (exact) mass is 443 g/mol. The van der Waals surface area contributed by atoms with E-state index in [1.807, 2.05) is 43.3 Å². The maximum absolute atomic E-state index is 13.9. The number of aryl methyl sites for hydroxylation is 2. The molecule has 2 aromatic rings. The van der Waals surface area contributed by atoms with Gasteiger partial charge in [-0.1, -0.05) is 36.4 Å². The van der Waals surface area contributed by atoms with Crippen molar-refractivity contribution >= 4 is 5.97 Å². The first-order valence-electron chi connectivity index (χ1n) is 11.4. The van der Waals surface area contributed by atoms with Crippen LogP contribution in [0.1, 0.15) is 54.5 Å². The zero-order valence-electron chi connectivity index (χ0n) is 19.0. The van der Waals surface area contributed by atoms with Gasteiger partial charge in [-0.15, -0.1) is 0 Å². The molecule has 5 nitrogen and oxygen atoms in total. The molecule has 1 heterocycles.